The molecule has 1 aromatic heterocycles. The van der Waals surface area contributed by atoms with Gasteiger partial charge in [-0.05, 0) is 36.2 Å². The van der Waals surface area contributed by atoms with Gasteiger partial charge in [-0.1, -0.05) is 18.2 Å². The first-order valence-electron chi connectivity index (χ1n) is 7.21. The van der Waals surface area contributed by atoms with Crippen molar-refractivity contribution in [1.29, 1.82) is 5.26 Å². The molecule has 2 aromatic carbocycles. The van der Waals surface area contributed by atoms with Crippen LogP contribution in [0, 0.1) is 11.3 Å². The number of amides is 1. The highest BCUT2D eigenvalue weighted by atomic mass is 16.2. The van der Waals surface area contributed by atoms with Gasteiger partial charge in [-0.25, -0.2) is 4.98 Å². The van der Waals surface area contributed by atoms with Crippen LogP contribution in [0.15, 0.2) is 42.5 Å². The molecule has 0 saturated carbocycles. The molecular weight excluding hydrogens is 290 g/mol. The van der Waals surface area contributed by atoms with E-state index in [-0.39, 0.29) is 11.7 Å². The predicted octanol–water partition coefficient (Wildman–Crippen LogP) is 2.10. The molecule has 6 heteroatoms. The van der Waals surface area contributed by atoms with Crippen LogP contribution >= 0.6 is 0 Å². The first kappa shape index (κ1) is 13.3. The summed E-state index contributed by atoms with van der Waals surface area (Å²) in [5.41, 5.74) is 3.55. The number of aromatic nitrogens is 3. The van der Waals surface area contributed by atoms with Crippen molar-refractivity contribution < 1.29 is 4.79 Å². The Morgan fingerprint density at radius 1 is 1.09 bits per heavy atom. The Labute approximate surface area is 132 Å². The number of nitriles is 1. The van der Waals surface area contributed by atoms with Gasteiger partial charge in [0.15, 0.2) is 0 Å². The molecule has 23 heavy (non-hydrogen) atoms. The Morgan fingerprint density at radius 3 is 2.74 bits per heavy atom. The van der Waals surface area contributed by atoms with Crippen molar-refractivity contribution in [3.8, 4) is 6.07 Å². The molecule has 1 aliphatic rings. The Morgan fingerprint density at radius 2 is 1.91 bits per heavy atom. The summed E-state index contributed by atoms with van der Waals surface area (Å²) in [6.45, 7) is 0.517. The zero-order valence-electron chi connectivity index (χ0n) is 12.1. The number of para-hydroxylation sites is 1. The van der Waals surface area contributed by atoms with Gasteiger partial charge < -0.3 is 4.90 Å². The summed E-state index contributed by atoms with van der Waals surface area (Å²) in [6, 6.07) is 14.8. The average Bonchev–Trinajstić information content (AvgIpc) is 3.04. The highest BCUT2D eigenvalue weighted by molar-refractivity contribution is 6.05. The fourth-order valence-corrected chi connectivity index (χ4v) is 2.84. The third-order valence-electron chi connectivity index (χ3n) is 3.94. The third kappa shape index (κ3) is 2.10. The summed E-state index contributed by atoms with van der Waals surface area (Å²) < 4.78 is 0. The van der Waals surface area contributed by atoms with E-state index in [0.29, 0.717) is 29.6 Å². The highest BCUT2D eigenvalue weighted by Gasteiger charge is 2.29. The molecule has 0 saturated heterocycles. The summed E-state index contributed by atoms with van der Waals surface area (Å²) in [7, 11) is 0. The van der Waals surface area contributed by atoms with Gasteiger partial charge in [-0.3, -0.25) is 4.79 Å². The second-order valence-electron chi connectivity index (χ2n) is 5.25. The second kappa shape index (κ2) is 5.14. The lowest BCUT2D eigenvalue weighted by atomic mass is 10.1. The van der Waals surface area contributed by atoms with Crippen LogP contribution < -0.4 is 4.90 Å². The minimum Gasteiger partial charge on any atom is -0.305 e. The SMILES string of the molecule is N#Cc1cccc2c1CCN2C(=O)c1nnc2ccccc2n1. The first-order chi connectivity index (χ1) is 11.3. The van der Waals surface area contributed by atoms with E-state index in [1.807, 2.05) is 18.2 Å². The van der Waals surface area contributed by atoms with Crippen molar-refractivity contribution >= 4 is 22.6 Å². The molecule has 0 bridgehead atoms. The van der Waals surface area contributed by atoms with Gasteiger partial charge in [0.2, 0.25) is 5.82 Å². The molecule has 3 aromatic rings. The molecule has 0 spiro atoms. The van der Waals surface area contributed by atoms with Crippen LogP contribution in [0.25, 0.3) is 11.0 Å². The number of anilines is 1. The van der Waals surface area contributed by atoms with Gasteiger partial charge in [-0.15, -0.1) is 10.2 Å². The largest absolute Gasteiger partial charge is 0.305 e. The third-order valence-corrected chi connectivity index (χ3v) is 3.94. The number of rotatable bonds is 1. The number of hydrogen-bond acceptors (Lipinski definition) is 5. The van der Waals surface area contributed by atoms with Crippen molar-refractivity contribution in [3.05, 3.63) is 59.4 Å². The Bertz CT molecular complexity index is 976. The van der Waals surface area contributed by atoms with Crippen molar-refractivity contribution in [2.24, 2.45) is 0 Å². The summed E-state index contributed by atoms with van der Waals surface area (Å²) >= 11 is 0. The van der Waals surface area contributed by atoms with Crippen LogP contribution in [0.5, 0.6) is 0 Å². The quantitative estimate of drug-likeness (QED) is 0.687. The van der Waals surface area contributed by atoms with E-state index in [9.17, 15) is 10.1 Å². The summed E-state index contributed by atoms with van der Waals surface area (Å²) in [5.74, 6) is -0.226. The van der Waals surface area contributed by atoms with E-state index >= 15 is 0 Å². The van der Waals surface area contributed by atoms with E-state index < -0.39 is 0 Å². The van der Waals surface area contributed by atoms with E-state index in [4.69, 9.17) is 0 Å². The van der Waals surface area contributed by atoms with Crippen LogP contribution in [-0.2, 0) is 6.42 Å². The van der Waals surface area contributed by atoms with Gasteiger partial charge in [0.05, 0.1) is 17.1 Å². The molecule has 0 N–H and O–H groups in total. The monoisotopic (exact) mass is 301 g/mol. The number of carbonyl (C=O) groups excluding carboxylic acids is 1. The number of carbonyl (C=O) groups is 1. The van der Waals surface area contributed by atoms with Gasteiger partial charge >= 0.3 is 0 Å². The van der Waals surface area contributed by atoms with E-state index in [2.05, 4.69) is 21.3 Å². The minimum atomic E-state index is -0.294. The van der Waals surface area contributed by atoms with E-state index in [1.54, 1.807) is 29.2 Å². The molecule has 0 radical (unpaired) electrons. The summed E-state index contributed by atoms with van der Waals surface area (Å²) in [6.07, 6.45) is 0.659. The molecule has 110 valence electrons. The zero-order valence-corrected chi connectivity index (χ0v) is 12.1. The van der Waals surface area contributed by atoms with Crippen LogP contribution in [0.4, 0.5) is 5.69 Å². The lowest BCUT2D eigenvalue weighted by Gasteiger charge is -2.16. The van der Waals surface area contributed by atoms with Gasteiger partial charge in [-0.2, -0.15) is 5.26 Å². The van der Waals surface area contributed by atoms with Crippen molar-refractivity contribution in [1.82, 2.24) is 15.2 Å². The average molecular weight is 301 g/mol. The molecule has 1 amide bonds. The second-order valence-corrected chi connectivity index (χ2v) is 5.25. The summed E-state index contributed by atoms with van der Waals surface area (Å²) in [5, 5.41) is 17.2. The lowest BCUT2D eigenvalue weighted by molar-refractivity contribution is 0.0978. The molecule has 1 aliphatic heterocycles. The minimum absolute atomic E-state index is 0.0684. The van der Waals surface area contributed by atoms with Crippen LogP contribution in [0.2, 0.25) is 0 Å². The fourth-order valence-electron chi connectivity index (χ4n) is 2.84. The lowest BCUT2D eigenvalue weighted by Crippen LogP contribution is -2.30. The van der Waals surface area contributed by atoms with Crippen molar-refractivity contribution in [3.63, 3.8) is 0 Å². The molecule has 4 rings (SSSR count). The maximum atomic E-state index is 12.7. The molecule has 0 fully saturated rings. The molecule has 0 atom stereocenters. The fraction of sp³-hybridized carbons (Fsp3) is 0.118. The maximum absolute atomic E-state index is 12.7. The van der Waals surface area contributed by atoms with Gasteiger partial charge in [0, 0.05) is 12.2 Å². The summed E-state index contributed by atoms with van der Waals surface area (Å²) in [4.78, 5) is 18.6. The molecular formula is C17H11N5O. The highest BCUT2D eigenvalue weighted by Crippen LogP contribution is 2.31. The normalized spacial score (nSPS) is 12.9. The molecule has 2 heterocycles. The van der Waals surface area contributed by atoms with E-state index in [0.717, 1.165) is 11.3 Å². The number of nitrogens with zero attached hydrogens (tertiary/aromatic N) is 5. The van der Waals surface area contributed by atoms with Crippen LogP contribution in [0.1, 0.15) is 21.7 Å². The maximum Gasteiger partial charge on any atom is 0.297 e. The van der Waals surface area contributed by atoms with Crippen molar-refractivity contribution in [2.75, 3.05) is 11.4 Å². The number of fused-ring (bicyclic) bond motifs is 2. The topological polar surface area (TPSA) is 82.8 Å². The first-order valence-corrected chi connectivity index (χ1v) is 7.21. The number of benzene rings is 2. The Hall–Kier alpha value is -3.33. The van der Waals surface area contributed by atoms with Crippen LogP contribution in [0.3, 0.4) is 0 Å². The standard InChI is InChI=1S/C17H11N5O/c18-10-11-4-3-7-15-12(11)8-9-22(15)17(23)16-19-13-5-1-2-6-14(13)20-21-16/h1-7H,8-9H2. The van der Waals surface area contributed by atoms with Crippen LogP contribution in [-0.4, -0.2) is 27.6 Å². The van der Waals surface area contributed by atoms with Crippen molar-refractivity contribution in [2.45, 2.75) is 6.42 Å². The smallest absolute Gasteiger partial charge is 0.297 e. The molecule has 0 unspecified atom stereocenters. The van der Waals surface area contributed by atoms with Gasteiger partial charge in [0.25, 0.3) is 5.91 Å². The number of hydrogen-bond donors (Lipinski definition) is 0. The zero-order chi connectivity index (χ0) is 15.8. The molecule has 6 nitrogen and oxygen atoms in total. The Balaban J connectivity index is 1.75. The predicted molar refractivity (Wildman–Crippen MR) is 83.9 cm³/mol. The Kier molecular flexibility index (Phi) is 2.98. The van der Waals surface area contributed by atoms with Gasteiger partial charge in [0.1, 0.15) is 5.52 Å². The van der Waals surface area contributed by atoms with E-state index in [1.165, 1.54) is 0 Å². The molecule has 0 aliphatic carbocycles.